The maximum Gasteiger partial charge on any atom is 0.407 e. The molecule has 0 radical (unpaired) electrons. The first-order valence-electron chi connectivity index (χ1n) is 6.70. The van der Waals surface area contributed by atoms with Crippen LogP contribution in [0.1, 0.15) is 32.3 Å². The molecule has 0 heterocycles. The van der Waals surface area contributed by atoms with Crippen LogP contribution in [0.15, 0.2) is 30.3 Å². The maximum atomic E-state index is 11.6. The van der Waals surface area contributed by atoms with Crippen molar-refractivity contribution in [3.8, 4) is 0 Å². The number of amides is 1. The summed E-state index contributed by atoms with van der Waals surface area (Å²) in [5, 5.41) is 11.9. The van der Waals surface area contributed by atoms with Gasteiger partial charge in [-0.1, -0.05) is 44.2 Å². The number of aliphatic hydroxyl groups is 1. The second-order valence-electron chi connectivity index (χ2n) is 5.06. The van der Waals surface area contributed by atoms with E-state index >= 15 is 0 Å². The molecule has 1 atom stereocenters. The number of ether oxygens (including phenoxy) is 1. The molecule has 106 valence electrons. The SMILES string of the molecule is CC(C)CCC(CO)NC(=O)OCc1ccccc1. The summed E-state index contributed by atoms with van der Waals surface area (Å²) in [5.74, 6) is 0.552. The Kier molecular flexibility index (Phi) is 6.97. The van der Waals surface area contributed by atoms with Crippen LogP contribution in [-0.2, 0) is 11.3 Å². The summed E-state index contributed by atoms with van der Waals surface area (Å²) in [6, 6.07) is 9.28. The molecule has 0 bridgehead atoms. The zero-order valence-electron chi connectivity index (χ0n) is 11.6. The van der Waals surface area contributed by atoms with Crippen molar-refractivity contribution in [3.63, 3.8) is 0 Å². The Morgan fingerprint density at radius 3 is 2.53 bits per heavy atom. The third-order valence-electron chi connectivity index (χ3n) is 2.85. The fraction of sp³-hybridized carbons (Fsp3) is 0.533. The van der Waals surface area contributed by atoms with Gasteiger partial charge in [-0.2, -0.15) is 0 Å². The summed E-state index contributed by atoms with van der Waals surface area (Å²) < 4.78 is 5.11. The molecule has 19 heavy (non-hydrogen) atoms. The Labute approximate surface area is 114 Å². The van der Waals surface area contributed by atoms with E-state index in [0.717, 1.165) is 18.4 Å². The van der Waals surface area contributed by atoms with Gasteiger partial charge in [0.2, 0.25) is 0 Å². The van der Waals surface area contributed by atoms with Crippen LogP contribution >= 0.6 is 0 Å². The lowest BCUT2D eigenvalue weighted by molar-refractivity contribution is 0.127. The van der Waals surface area contributed by atoms with Gasteiger partial charge in [-0.25, -0.2) is 4.79 Å². The van der Waals surface area contributed by atoms with Crippen molar-refractivity contribution in [1.29, 1.82) is 0 Å². The van der Waals surface area contributed by atoms with Gasteiger partial charge in [-0.15, -0.1) is 0 Å². The van der Waals surface area contributed by atoms with Gasteiger partial charge in [0, 0.05) is 0 Å². The van der Waals surface area contributed by atoms with Crippen molar-refractivity contribution >= 4 is 6.09 Å². The van der Waals surface area contributed by atoms with Gasteiger partial charge in [-0.05, 0) is 24.3 Å². The summed E-state index contributed by atoms with van der Waals surface area (Å²) in [6.07, 6.45) is 1.24. The predicted octanol–water partition coefficient (Wildman–Crippen LogP) is 2.71. The van der Waals surface area contributed by atoms with Gasteiger partial charge in [-0.3, -0.25) is 0 Å². The molecule has 1 unspecified atom stereocenters. The van der Waals surface area contributed by atoms with Gasteiger partial charge >= 0.3 is 6.09 Å². The van der Waals surface area contributed by atoms with E-state index in [1.165, 1.54) is 0 Å². The van der Waals surface area contributed by atoms with Crippen molar-refractivity contribution in [2.45, 2.75) is 39.3 Å². The van der Waals surface area contributed by atoms with Crippen LogP contribution in [0.4, 0.5) is 4.79 Å². The summed E-state index contributed by atoms with van der Waals surface area (Å²) in [4.78, 5) is 11.6. The molecule has 1 aromatic carbocycles. The van der Waals surface area contributed by atoms with Gasteiger partial charge in [0.1, 0.15) is 6.61 Å². The van der Waals surface area contributed by atoms with Crippen LogP contribution in [0.5, 0.6) is 0 Å². The molecule has 0 aliphatic carbocycles. The highest BCUT2D eigenvalue weighted by Crippen LogP contribution is 2.07. The first-order chi connectivity index (χ1) is 9.11. The number of aliphatic hydroxyl groups excluding tert-OH is 1. The van der Waals surface area contributed by atoms with E-state index in [0.29, 0.717) is 5.92 Å². The number of carbonyl (C=O) groups is 1. The zero-order valence-corrected chi connectivity index (χ0v) is 11.6. The van der Waals surface area contributed by atoms with Crippen LogP contribution in [0, 0.1) is 5.92 Å². The zero-order chi connectivity index (χ0) is 14.1. The van der Waals surface area contributed by atoms with Crippen molar-refractivity contribution in [3.05, 3.63) is 35.9 Å². The van der Waals surface area contributed by atoms with E-state index < -0.39 is 6.09 Å². The lowest BCUT2D eigenvalue weighted by Crippen LogP contribution is -2.38. The highest BCUT2D eigenvalue weighted by molar-refractivity contribution is 5.67. The molecule has 0 aliphatic heterocycles. The number of carbonyl (C=O) groups excluding carboxylic acids is 1. The minimum absolute atomic E-state index is 0.0623. The summed E-state index contributed by atoms with van der Waals surface area (Å²) in [7, 11) is 0. The Morgan fingerprint density at radius 1 is 1.26 bits per heavy atom. The molecule has 2 N–H and O–H groups in total. The van der Waals surface area contributed by atoms with Crippen molar-refractivity contribution in [2.75, 3.05) is 6.61 Å². The first kappa shape index (κ1) is 15.5. The monoisotopic (exact) mass is 265 g/mol. The van der Waals surface area contributed by atoms with E-state index in [2.05, 4.69) is 19.2 Å². The van der Waals surface area contributed by atoms with Crippen LogP contribution in [0.2, 0.25) is 0 Å². The van der Waals surface area contributed by atoms with E-state index in [1.54, 1.807) is 0 Å². The predicted molar refractivity (Wildman–Crippen MR) is 74.7 cm³/mol. The van der Waals surface area contributed by atoms with Gasteiger partial charge in [0.25, 0.3) is 0 Å². The number of benzene rings is 1. The lowest BCUT2D eigenvalue weighted by atomic mass is 10.0. The summed E-state index contributed by atoms with van der Waals surface area (Å²) in [6.45, 7) is 4.41. The average molecular weight is 265 g/mol. The Bertz CT molecular complexity index is 365. The molecular formula is C15H23NO3. The fourth-order valence-corrected chi connectivity index (χ4v) is 1.68. The van der Waals surface area contributed by atoms with Crippen LogP contribution in [0.25, 0.3) is 0 Å². The van der Waals surface area contributed by atoms with Crippen molar-refractivity contribution < 1.29 is 14.6 Å². The molecule has 0 fully saturated rings. The van der Waals surface area contributed by atoms with Gasteiger partial charge in [0.05, 0.1) is 12.6 Å². The number of nitrogens with one attached hydrogen (secondary N) is 1. The molecular weight excluding hydrogens is 242 g/mol. The molecule has 4 heteroatoms. The highest BCUT2D eigenvalue weighted by Gasteiger charge is 2.12. The second-order valence-corrected chi connectivity index (χ2v) is 5.06. The molecule has 1 aromatic rings. The number of hydrogen-bond donors (Lipinski definition) is 2. The third-order valence-corrected chi connectivity index (χ3v) is 2.85. The Hall–Kier alpha value is -1.55. The lowest BCUT2D eigenvalue weighted by Gasteiger charge is -2.17. The first-order valence-corrected chi connectivity index (χ1v) is 6.70. The Balaban J connectivity index is 2.29. The normalized spacial score (nSPS) is 12.2. The molecule has 0 saturated carbocycles. The maximum absolute atomic E-state index is 11.6. The molecule has 4 nitrogen and oxygen atoms in total. The highest BCUT2D eigenvalue weighted by atomic mass is 16.5. The second kappa shape index (κ2) is 8.53. The third kappa shape index (κ3) is 6.82. The van der Waals surface area contributed by atoms with E-state index in [4.69, 9.17) is 4.74 Å². The average Bonchev–Trinajstić information content (AvgIpc) is 2.42. The largest absolute Gasteiger partial charge is 0.445 e. The van der Waals surface area contributed by atoms with Gasteiger partial charge < -0.3 is 15.2 Å². The van der Waals surface area contributed by atoms with Gasteiger partial charge in [0.15, 0.2) is 0 Å². The van der Waals surface area contributed by atoms with Crippen LogP contribution in [0.3, 0.4) is 0 Å². The molecule has 0 aliphatic rings. The fourth-order valence-electron chi connectivity index (χ4n) is 1.68. The summed E-state index contributed by atoms with van der Waals surface area (Å²) >= 11 is 0. The topological polar surface area (TPSA) is 58.6 Å². The van der Waals surface area contributed by atoms with E-state index in [1.807, 2.05) is 30.3 Å². The van der Waals surface area contributed by atoms with E-state index in [-0.39, 0.29) is 19.3 Å². The van der Waals surface area contributed by atoms with Crippen LogP contribution in [-0.4, -0.2) is 23.8 Å². The molecule has 0 spiro atoms. The molecule has 1 rings (SSSR count). The number of alkyl carbamates (subject to hydrolysis) is 1. The molecule has 1 amide bonds. The summed E-state index contributed by atoms with van der Waals surface area (Å²) in [5.41, 5.74) is 0.945. The standard InChI is InChI=1S/C15H23NO3/c1-12(2)8-9-14(10-17)16-15(18)19-11-13-6-4-3-5-7-13/h3-7,12,14,17H,8-11H2,1-2H3,(H,16,18). The molecule has 0 aromatic heterocycles. The molecule has 0 saturated heterocycles. The quantitative estimate of drug-likeness (QED) is 0.797. The van der Waals surface area contributed by atoms with Crippen LogP contribution < -0.4 is 5.32 Å². The smallest absolute Gasteiger partial charge is 0.407 e. The van der Waals surface area contributed by atoms with Crippen molar-refractivity contribution in [2.24, 2.45) is 5.92 Å². The minimum Gasteiger partial charge on any atom is -0.445 e. The number of rotatable bonds is 7. The number of hydrogen-bond acceptors (Lipinski definition) is 3. The minimum atomic E-state index is -0.480. The van der Waals surface area contributed by atoms with E-state index in [9.17, 15) is 9.90 Å². The van der Waals surface area contributed by atoms with Crippen molar-refractivity contribution in [1.82, 2.24) is 5.32 Å². The Morgan fingerprint density at radius 2 is 1.95 bits per heavy atom.